The van der Waals surface area contributed by atoms with Crippen molar-refractivity contribution in [2.75, 3.05) is 38.9 Å². The van der Waals surface area contributed by atoms with Gasteiger partial charge in [-0.2, -0.15) is 0 Å². The molecule has 0 aliphatic rings. The number of methoxy groups -OCH3 is 2. The van der Waals surface area contributed by atoms with Crippen LogP contribution in [-0.2, 0) is 0 Å². The smallest absolute Gasteiger partial charge is 0.195 e. The third-order valence-electron chi connectivity index (χ3n) is 3.35. The Hall–Kier alpha value is -1.68. The molecule has 0 heterocycles. The fourth-order valence-electron chi connectivity index (χ4n) is 2.10. The molecule has 0 radical (unpaired) electrons. The van der Waals surface area contributed by atoms with Crippen LogP contribution >= 0.6 is 35.7 Å². The summed E-state index contributed by atoms with van der Waals surface area (Å²) in [7, 11) is 4.91. The molecule has 0 bridgehead atoms. The molecule has 2 aromatic rings. The Morgan fingerprint density at radius 1 is 1.08 bits per heavy atom. The van der Waals surface area contributed by atoms with Gasteiger partial charge < -0.3 is 20.1 Å². The Kier molecular flexibility index (Phi) is 10.2. The molecule has 0 aliphatic carbocycles. The van der Waals surface area contributed by atoms with Crippen molar-refractivity contribution < 1.29 is 13.9 Å². The van der Waals surface area contributed by atoms with E-state index in [0.717, 1.165) is 22.9 Å². The van der Waals surface area contributed by atoms with Crippen LogP contribution in [0.4, 0.5) is 10.1 Å². The van der Waals surface area contributed by atoms with Crippen LogP contribution in [0.2, 0.25) is 0 Å². The zero-order chi connectivity index (χ0) is 18.1. The number of hydrogen-bond donors (Lipinski definition) is 2. The average molecular weight is 491 g/mol. The van der Waals surface area contributed by atoms with Gasteiger partial charge in [0.15, 0.2) is 17.5 Å². The van der Waals surface area contributed by atoms with Crippen LogP contribution in [0.15, 0.2) is 52.4 Å². The summed E-state index contributed by atoms with van der Waals surface area (Å²) in [5, 5.41) is 6.44. The summed E-state index contributed by atoms with van der Waals surface area (Å²) in [6.07, 6.45) is 0. The summed E-state index contributed by atoms with van der Waals surface area (Å²) < 4.78 is 23.4. The van der Waals surface area contributed by atoms with Crippen LogP contribution < -0.4 is 20.1 Å². The number of thioether (sulfide) groups is 1. The molecule has 2 aromatic carbocycles. The summed E-state index contributed by atoms with van der Waals surface area (Å²) in [5.74, 6) is 2.59. The van der Waals surface area contributed by atoms with E-state index in [0.29, 0.717) is 17.5 Å². The van der Waals surface area contributed by atoms with Crippen molar-refractivity contribution in [3.8, 4) is 11.5 Å². The maximum absolute atomic E-state index is 12.9. The Balaban J connectivity index is 0.00000338. The molecule has 0 spiro atoms. The van der Waals surface area contributed by atoms with Gasteiger partial charge in [0.25, 0.3) is 0 Å². The molecule has 8 heteroatoms. The maximum Gasteiger partial charge on any atom is 0.195 e. The largest absolute Gasteiger partial charge is 0.493 e. The number of ether oxygens (including phenoxy) is 2. The molecule has 0 amide bonds. The quantitative estimate of drug-likeness (QED) is 0.200. The van der Waals surface area contributed by atoms with E-state index >= 15 is 0 Å². The van der Waals surface area contributed by atoms with E-state index in [1.54, 1.807) is 45.2 Å². The Bertz CT molecular complexity index is 714. The molecule has 0 unspecified atom stereocenters. The summed E-state index contributed by atoms with van der Waals surface area (Å²) >= 11 is 1.65. The monoisotopic (exact) mass is 491 g/mol. The molecular weight excluding hydrogens is 468 g/mol. The van der Waals surface area contributed by atoms with Crippen LogP contribution in [0.3, 0.4) is 0 Å². The maximum atomic E-state index is 12.9. The van der Waals surface area contributed by atoms with Gasteiger partial charge in [-0.3, -0.25) is 4.99 Å². The van der Waals surface area contributed by atoms with Crippen molar-refractivity contribution in [1.29, 1.82) is 0 Å². The van der Waals surface area contributed by atoms with Crippen molar-refractivity contribution >= 4 is 47.4 Å². The first-order valence-corrected chi connectivity index (χ1v) is 8.73. The van der Waals surface area contributed by atoms with E-state index in [1.165, 1.54) is 12.1 Å². The van der Waals surface area contributed by atoms with Gasteiger partial charge in [0.1, 0.15) is 5.82 Å². The number of hydrogen-bond acceptors (Lipinski definition) is 4. The van der Waals surface area contributed by atoms with Gasteiger partial charge in [0.05, 0.1) is 14.2 Å². The Morgan fingerprint density at radius 2 is 1.77 bits per heavy atom. The highest BCUT2D eigenvalue weighted by Crippen LogP contribution is 2.29. The van der Waals surface area contributed by atoms with E-state index < -0.39 is 0 Å². The first-order chi connectivity index (χ1) is 12.2. The number of nitrogens with zero attached hydrogens (tertiary/aromatic N) is 1. The van der Waals surface area contributed by atoms with Gasteiger partial charge in [0.2, 0.25) is 0 Å². The van der Waals surface area contributed by atoms with Gasteiger partial charge in [-0.1, -0.05) is 0 Å². The van der Waals surface area contributed by atoms with Crippen LogP contribution in [0, 0.1) is 5.82 Å². The highest BCUT2D eigenvalue weighted by atomic mass is 127. The van der Waals surface area contributed by atoms with Gasteiger partial charge in [-0.25, -0.2) is 4.39 Å². The lowest BCUT2D eigenvalue weighted by Crippen LogP contribution is -2.32. The molecular formula is C18H23FIN3O2S. The minimum Gasteiger partial charge on any atom is -0.493 e. The SMILES string of the molecule is CN=C(NCCSc1ccc(F)cc1)Nc1ccc(OC)c(OC)c1.I. The van der Waals surface area contributed by atoms with Crippen LogP contribution in [-0.4, -0.2) is 39.5 Å². The second-order valence-electron chi connectivity index (χ2n) is 5.00. The molecule has 0 fully saturated rings. The number of anilines is 1. The van der Waals surface area contributed by atoms with Gasteiger partial charge >= 0.3 is 0 Å². The number of aliphatic imine (C=N–C) groups is 1. The minimum absolute atomic E-state index is 0. The van der Waals surface area contributed by atoms with E-state index in [9.17, 15) is 4.39 Å². The van der Waals surface area contributed by atoms with Crippen molar-refractivity contribution in [3.63, 3.8) is 0 Å². The third kappa shape index (κ3) is 6.91. The first-order valence-electron chi connectivity index (χ1n) is 7.74. The highest BCUT2D eigenvalue weighted by Gasteiger charge is 2.06. The van der Waals surface area contributed by atoms with Gasteiger partial charge in [0, 0.05) is 36.0 Å². The second kappa shape index (κ2) is 11.8. The molecule has 5 nitrogen and oxygen atoms in total. The van der Waals surface area contributed by atoms with Gasteiger partial charge in [-0.15, -0.1) is 35.7 Å². The lowest BCUT2D eigenvalue weighted by molar-refractivity contribution is 0.355. The highest BCUT2D eigenvalue weighted by molar-refractivity contribution is 14.0. The minimum atomic E-state index is -0.220. The molecule has 142 valence electrons. The zero-order valence-corrected chi connectivity index (χ0v) is 18.1. The predicted molar refractivity (Wildman–Crippen MR) is 117 cm³/mol. The van der Waals surface area contributed by atoms with Crippen molar-refractivity contribution in [2.45, 2.75) is 4.90 Å². The Morgan fingerprint density at radius 3 is 2.38 bits per heavy atom. The third-order valence-corrected chi connectivity index (χ3v) is 4.36. The summed E-state index contributed by atoms with van der Waals surface area (Å²) in [6.45, 7) is 0.717. The lowest BCUT2D eigenvalue weighted by atomic mass is 10.3. The van der Waals surface area contributed by atoms with Crippen molar-refractivity contribution in [3.05, 3.63) is 48.3 Å². The fraction of sp³-hybridized carbons (Fsp3) is 0.278. The van der Waals surface area contributed by atoms with E-state index in [4.69, 9.17) is 9.47 Å². The van der Waals surface area contributed by atoms with E-state index in [1.807, 2.05) is 18.2 Å². The van der Waals surface area contributed by atoms with Crippen LogP contribution in [0.25, 0.3) is 0 Å². The summed E-state index contributed by atoms with van der Waals surface area (Å²) in [6, 6.07) is 12.0. The lowest BCUT2D eigenvalue weighted by Gasteiger charge is -2.14. The summed E-state index contributed by atoms with van der Waals surface area (Å²) in [5.41, 5.74) is 0.844. The number of nitrogens with one attached hydrogen (secondary N) is 2. The molecule has 0 saturated carbocycles. The van der Waals surface area contributed by atoms with Crippen molar-refractivity contribution in [1.82, 2.24) is 5.32 Å². The molecule has 2 N–H and O–H groups in total. The Labute approximate surface area is 174 Å². The number of rotatable bonds is 7. The molecule has 0 atom stereocenters. The van der Waals surface area contributed by atoms with E-state index in [2.05, 4.69) is 15.6 Å². The molecule has 2 rings (SSSR count). The normalized spacial score (nSPS) is 10.7. The zero-order valence-electron chi connectivity index (χ0n) is 14.9. The molecule has 0 aliphatic heterocycles. The van der Waals surface area contributed by atoms with Crippen molar-refractivity contribution in [2.24, 2.45) is 4.99 Å². The predicted octanol–water partition coefficient (Wildman–Crippen LogP) is 4.24. The topological polar surface area (TPSA) is 54.9 Å². The number of guanidine groups is 1. The number of benzene rings is 2. The van der Waals surface area contributed by atoms with Gasteiger partial charge in [-0.05, 0) is 36.4 Å². The molecule has 26 heavy (non-hydrogen) atoms. The molecule has 0 aromatic heterocycles. The standard InChI is InChI=1S/C18H22FN3O2S.HI/c1-20-18(21-10-11-25-15-7-4-13(19)5-8-15)22-14-6-9-16(23-2)17(12-14)24-3;/h4-9,12H,10-11H2,1-3H3,(H2,20,21,22);1H. The second-order valence-corrected chi connectivity index (χ2v) is 6.16. The van der Waals surface area contributed by atoms with E-state index in [-0.39, 0.29) is 29.8 Å². The van der Waals surface area contributed by atoms with Crippen LogP contribution in [0.1, 0.15) is 0 Å². The summed E-state index contributed by atoms with van der Waals surface area (Å²) in [4.78, 5) is 5.23. The first kappa shape index (κ1) is 22.4. The number of halogens is 2. The average Bonchev–Trinajstić information content (AvgIpc) is 2.65. The fourth-order valence-corrected chi connectivity index (χ4v) is 2.87. The molecule has 0 saturated heterocycles. The van der Waals surface area contributed by atoms with Crippen LogP contribution in [0.5, 0.6) is 11.5 Å².